The molecule has 11 heavy (non-hydrogen) atoms. The summed E-state index contributed by atoms with van der Waals surface area (Å²) in [5.41, 5.74) is 3.99. The van der Waals surface area contributed by atoms with E-state index >= 15 is 0 Å². The molecule has 0 heterocycles. The Hall–Kier alpha value is -0.950. The molecule has 62 valence electrons. The van der Waals surface area contributed by atoms with Crippen LogP contribution >= 0.6 is 0 Å². The van der Waals surface area contributed by atoms with Crippen LogP contribution in [0, 0.1) is 11.3 Å². The van der Waals surface area contributed by atoms with Gasteiger partial charge in [0.2, 0.25) is 6.43 Å². The molecule has 0 aromatic carbocycles. The first kappa shape index (κ1) is 10.0. The van der Waals surface area contributed by atoms with Crippen molar-refractivity contribution in [3.05, 3.63) is 12.2 Å². The molecule has 0 aliphatic rings. The van der Waals surface area contributed by atoms with E-state index in [-0.39, 0.29) is 5.57 Å². The number of hydrogen-bond donors (Lipinski definition) is 1. The second-order valence-electron chi connectivity index (χ2n) is 2.46. The number of rotatable bonds is 3. The molecule has 2 nitrogen and oxygen atoms in total. The lowest BCUT2D eigenvalue weighted by Crippen LogP contribution is -2.40. The fourth-order valence-corrected chi connectivity index (χ4v) is 0.559. The highest BCUT2D eigenvalue weighted by atomic mass is 19.3. The Morgan fingerprint density at radius 1 is 1.82 bits per heavy atom. The monoisotopic (exact) mass is 160 g/mol. The van der Waals surface area contributed by atoms with E-state index in [0.29, 0.717) is 0 Å². The van der Waals surface area contributed by atoms with E-state index in [2.05, 4.69) is 6.58 Å². The van der Waals surface area contributed by atoms with Gasteiger partial charge >= 0.3 is 0 Å². The van der Waals surface area contributed by atoms with Crippen molar-refractivity contribution in [2.45, 2.75) is 25.3 Å². The minimum absolute atomic E-state index is 0.264. The predicted octanol–water partition coefficient (Wildman–Crippen LogP) is 1.44. The lowest BCUT2D eigenvalue weighted by molar-refractivity contribution is 0.123. The molecule has 0 rings (SSSR count). The molecule has 1 atom stereocenters. The van der Waals surface area contributed by atoms with E-state index in [1.165, 1.54) is 6.92 Å². The van der Waals surface area contributed by atoms with Crippen molar-refractivity contribution < 1.29 is 8.78 Å². The van der Waals surface area contributed by atoms with Gasteiger partial charge in [-0.2, -0.15) is 5.26 Å². The van der Waals surface area contributed by atoms with Crippen molar-refractivity contribution >= 4 is 0 Å². The largest absolute Gasteiger partial charge is 0.310 e. The van der Waals surface area contributed by atoms with Gasteiger partial charge < -0.3 is 5.73 Å². The van der Waals surface area contributed by atoms with Crippen molar-refractivity contribution in [3.63, 3.8) is 0 Å². The molecule has 0 spiro atoms. The molecule has 0 amide bonds. The predicted molar refractivity (Wildman–Crippen MR) is 38.0 cm³/mol. The maximum atomic E-state index is 11.8. The van der Waals surface area contributed by atoms with Gasteiger partial charge in [-0.05, 0) is 12.5 Å². The summed E-state index contributed by atoms with van der Waals surface area (Å²) in [4.78, 5) is 0. The van der Waals surface area contributed by atoms with Crippen molar-refractivity contribution in [3.8, 4) is 6.07 Å². The first-order valence-electron chi connectivity index (χ1n) is 3.06. The summed E-state index contributed by atoms with van der Waals surface area (Å²) < 4.78 is 23.6. The Kier molecular flexibility index (Phi) is 3.15. The molecule has 0 aliphatic heterocycles. The molecule has 0 aromatic rings. The van der Waals surface area contributed by atoms with E-state index in [1.54, 1.807) is 6.07 Å². The summed E-state index contributed by atoms with van der Waals surface area (Å²) in [6, 6.07) is 1.61. The molecule has 0 aromatic heterocycles. The van der Waals surface area contributed by atoms with Crippen LogP contribution in [0.5, 0.6) is 0 Å². The number of hydrogen-bond acceptors (Lipinski definition) is 2. The molecular formula is C7H10F2N2. The number of alkyl halides is 2. The Bertz CT molecular complexity index is 195. The van der Waals surface area contributed by atoms with E-state index < -0.39 is 18.4 Å². The van der Waals surface area contributed by atoms with Gasteiger partial charge in [-0.1, -0.05) is 6.58 Å². The average Bonchev–Trinajstić information content (AvgIpc) is 1.86. The summed E-state index contributed by atoms with van der Waals surface area (Å²) in [6.07, 6.45) is -3.23. The van der Waals surface area contributed by atoms with Gasteiger partial charge in [0.25, 0.3) is 0 Å². The topological polar surface area (TPSA) is 49.8 Å². The molecule has 1 unspecified atom stereocenters. The van der Waals surface area contributed by atoms with Crippen LogP contribution < -0.4 is 5.73 Å². The second-order valence-corrected chi connectivity index (χ2v) is 2.46. The summed E-state index contributed by atoms with van der Waals surface area (Å²) >= 11 is 0. The Morgan fingerprint density at radius 2 is 2.27 bits per heavy atom. The molecule has 0 bridgehead atoms. The molecule has 0 radical (unpaired) electrons. The van der Waals surface area contributed by atoms with Gasteiger partial charge in [0.15, 0.2) is 0 Å². The van der Waals surface area contributed by atoms with Gasteiger partial charge in [-0.3, -0.25) is 0 Å². The van der Waals surface area contributed by atoms with Crippen LogP contribution in [0.2, 0.25) is 0 Å². The minimum atomic E-state index is -2.57. The summed E-state index contributed by atoms with van der Waals surface area (Å²) in [7, 11) is 0. The van der Waals surface area contributed by atoms with Crippen molar-refractivity contribution in [1.29, 1.82) is 5.26 Å². The normalized spacial score (nSPS) is 15.6. The third-order valence-electron chi connectivity index (χ3n) is 1.44. The quantitative estimate of drug-likeness (QED) is 0.635. The van der Waals surface area contributed by atoms with Crippen molar-refractivity contribution in [2.24, 2.45) is 5.73 Å². The summed E-state index contributed by atoms with van der Waals surface area (Å²) in [5, 5.41) is 8.44. The highest BCUT2D eigenvalue weighted by molar-refractivity contribution is 5.24. The van der Waals surface area contributed by atoms with Gasteiger partial charge in [-0.25, -0.2) is 8.78 Å². The molecule has 0 saturated heterocycles. The van der Waals surface area contributed by atoms with Crippen molar-refractivity contribution in [2.75, 3.05) is 0 Å². The Labute approximate surface area is 64.3 Å². The zero-order valence-corrected chi connectivity index (χ0v) is 6.27. The van der Waals surface area contributed by atoms with Gasteiger partial charge in [0.05, 0.1) is 6.07 Å². The first-order valence-corrected chi connectivity index (χ1v) is 3.06. The van der Waals surface area contributed by atoms with Crippen LogP contribution in [-0.4, -0.2) is 12.0 Å². The standard InChI is InChI=1S/C7H10F2N2/c1-5(2)7(11,4-10)3-6(8)9/h6H,1,3,11H2,2H3. The van der Waals surface area contributed by atoms with Crippen molar-refractivity contribution in [1.82, 2.24) is 0 Å². The van der Waals surface area contributed by atoms with E-state index in [9.17, 15) is 8.78 Å². The van der Waals surface area contributed by atoms with Gasteiger partial charge in [-0.15, -0.1) is 0 Å². The zero-order chi connectivity index (χ0) is 9.07. The third kappa shape index (κ3) is 2.64. The average molecular weight is 160 g/mol. The number of nitriles is 1. The Balaban J connectivity index is 4.39. The zero-order valence-electron chi connectivity index (χ0n) is 6.27. The van der Waals surface area contributed by atoms with Gasteiger partial charge in [0.1, 0.15) is 5.54 Å². The van der Waals surface area contributed by atoms with Crippen LogP contribution in [0.1, 0.15) is 13.3 Å². The second kappa shape index (κ2) is 3.44. The fraction of sp³-hybridized carbons (Fsp3) is 0.571. The highest BCUT2D eigenvalue weighted by Crippen LogP contribution is 2.19. The molecule has 0 aliphatic carbocycles. The first-order chi connectivity index (χ1) is 4.92. The molecule has 2 N–H and O–H groups in total. The lowest BCUT2D eigenvalue weighted by Gasteiger charge is -2.20. The lowest BCUT2D eigenvalue weighted by atomic mass is 9.91. The van der Waals surface area contributed by atoms with Crippen LogP contribution in [0.15, 0.2) is 12.2 Å². The maximum absolute atomic E-state index is 11.8. The highest BCUT2D eigenvalue weighted by Gasteiger charge is 2.29. The van der Waals surface area contributed by atoms with Crippen LogP contribution in [-0.2, 0) is 0 Å². The molecule has 4 heteroatoms. The molecule has 0 fully saturated rings. The van der Waals surface area contributed by atoms with E-state index in [4.69, 9.17) is 11.0 Å². The van der Waals surface area contributed by atoms with Crippen LogP contribution in [0.3, 0.4) is 0 Å². The summed E-state index contributed by atoms with van der Waals surface area (Å²) in [6.45, 7) is 4.83. The number of nitrogens with two attached hydrogens (primary N) is 1. The van der Waals surface area contributed by atoms with Gasteiger partial charge in [0, 0.05) is 6.42 Å². The van der Waals surface area contributed by atoms with Crippen LogP contribution in [0.4, 0.5) is 8.78 Å². The third-order valence-corrected chi connectivity index (χ3v) is 1.44. The maximum Gasteiger partial charge on any atom is 0.241 e. The van der Waals surface area contributed by atoms with E-state index in [0.717, 1.165) is 0 Å². The SMILES string of the molecule is C=C(C)C(N)(C#N)CC(F)F. The molecule has 0 saturated carbocycles. The molecular weight excluding hydrogens is 150 g/mol. The minimum Gasteiger partial charge on any atom is -0.310 e. The van der Waals surface area contributed by atoms with E-state index in [1.807, 2.05) is 0 Å². The number of nitrogens with zero attached hydrogens (tertiary/aromatic N) is 1. The fourth-order valence-electron chi connectivity index (χ4n) is 0.559. The Morgan fingerprint density at radius 3 is 2.36 bits per heavy atom. The smallest absolute Gasteiger partial charge is 0.241 e. The van der Waals surface area contributed by atoms with Crippen LogP contribution in [0.25, 0.3) is 0 Å². The summed E-state index contributed by atoms with van der Waals surface area (Å²) in [5.74, 6) is 0. The number of halogens is 2.